The first kappa shape index (κ1) is 21.6. The van der Waals surface area contributed by atoms with Gasteiger partial charge in [0.15, 0.2) is 0 Å². The minimum absolute atomic E-state index is 0.0593. The molecule has 1 amide bonds. The van der Waals surface area contributed by atoms with Crippen LogP contribution in [0.15, 0.2) is 40.6 Å². The number of amides is 1. The zero-order chi connectivity index (χ0) is 20.3. The smallest absolute Gasteiger partial charge is 0.246 e. The minimum atomic E-state index is -3.79. The second-order valence-corrected chi connectivity index (χ2v) is 10.4. The fourth-order valence-electron chi connectivity index (χ4n) is 3.40. The van der Waals surface area contributed by atoms with E-state index in [1.54, 1.807) is 17.4 Å². The molecule has 0 radical (unpaired) electrons. The SMILES string of the molecule is CCN(Cc1cccs1)C(=O)C1CCN(S(=O)(=O)c2c(Cl)cccc2Cl)CC1. The third-order valence-electron chi connectivity index (χ3n) is 4.94. The summed E-state index contributed by atoms with van der Waals surface area (Å²) in [5.74, 6) is -0.0863. The molecule has 2 aromatic rings. The lowest BCUT2D eigenvalue weighted by atomic mass is 9.96. The molecule has 2 heterocycles. The van der Waals surface area contributed by atoms with Gasteiger partial charge in [0.2, 0.25) is 15.9 Å². The quantitative estimate of drug-likeness (QED) is 0.637. The number of benzene rings is 1. The molecule has 5 nitrogen and oxygen atoms in total. The third kappa shape index (κ3) is 4.54. The highest BCUT2D eigenvalue weighted by Gasteiger charge is 2.35. The van der Waals surface area contributed by atoms with Gasteiger partial charge in [0.05, 0.1) is 16.6 Å². The zero-order valence-corrected chi connectivity index (χ0v) is 18.6. The largest absolute Gasteiger partial charge is 0.338 e. The maximum atomic E-state index is 13.0. The molecule has 152 valence electrons. The van der Waals surface area contributed by atoms with Crippen molar-refractivity contribution < 1.29 is 13.2 Å². The average Bonchev–Trinajstić information content (AvgIpc) is 3.18. The van der Waals surface area contributed by atoms with Gasteiger partial charge in [0.25, 0.3) is 0 Å². The first-order valence-corrected chi connectivity index (χ1v) is 12.2. The summed E-state index contributed by atoms with van der Waals surface area (Å²) in [6.07, 6.45) is 0.974. The molecular formula is C19H22Cl2N2O3S2. The van der Waals surface area contributed by atoms with Gasteiger partial charge in [-0.05, 0) is 43.3 Å². The normalized spacial score (nSPS) is 16.2. The van der Waals surface area contributed by atoms with E-state index in [-0.39, 0.29) is 39.9 Å². The number of halogens is 2. The molecule has 0 unspecified atom stereocenters. The van der Waals surface area contributed by atoms with Crippen LogP contribution in [0, 0.1) is 5.92 Å². The van der Waals surface area contributed by atoms with Gasteiger partial charge < -0.3 is 4.90 Å². The lowest BCUT2D eigenvalue weighted by Crippen LogP contribution is -2.44. The molecule has 0 aliphatic carbocycles. The fraction of sp³-hybridized carbons (Fsp3) is 0.421. The Morgan fingerprint density at radius 1 is 1.18 bits per heavy atom. The van der Waals surface area contributed by atoms with E-state index in [0.717, 1.165) is 4.88 Å². The Kier molecular flexibility index (Phi) is 7.04. The molecule has 0 bridgehead atoms. The molecule has 0 atom stereocenters. The van der Waals surface area contributed by atoms with Crippen molar-refractivity contribution in [2.24, 2.45) is 5.92 Å². The number of sulfonamides is 1. The maximum absolute atomic E-state index is 13.0. The number of hydrogen-bond acceptors (Lipinski definition) is 4. The van der Waals surface area contributed by atoms with E-state index in [0.29, 0.717) is 25.9 Å². The minimum Gasteiger partial charge on any atom is -0.338 e. The summed E-state index contributed by atoms with van der Waals surface area (Å²) in [4.78, 5) is 15.8. The van der Waals surface area contributed by atoms with Crippen LogP contribution in [-0.4, -0.2) is 43.2 Å². The second-order valence-electron chi connectivity index (χ2n) is 6.66. The van der Waals surface area contributed by atoms with Gasteiger partial charge in [0, 0.05) is 30.4 Å². The number of rotatable bonds is 6. The van der Waals surface area contributed by atoms with Crippen molar-refractivity contribution in [2.75, 3.05) is 19.6 Å². The Morgan fingerprint density at radius 3 is 2.36 bits per heavy atom. The van der Waals surface area contributed by atoms with E-state index in [2.05, 4.69) is 0 Å². The van der Waals surface area contributed by atoms with Crippen LogP contribution in [0.25, 0.3) is 0 Å². The predicted molar refractivity (Wildman–Crippen MR) is 113 cm³/mol. The molecule has 1 saturated heterocycles. The number of thiophene rings is 1. The lowest BCUT2D eigenvalue weighted by molar-refractivity contribution is -0.137. The number of piperidine rings is 1. The van der Waals surface area contributed by atoms with Crippen molar-refractivity contribution in [1.82, 2.24) is 9.21 Å². The Bertz CT molecular complexity index is 904. The van der Waals surface area contributed by atoms with Gasteiger partial charge in [-0.2, -0.15) is 4.31 Å². The molecule has 0 N–H and O–H groups in total. The van der Waals surface area contributed by atoms with Gasteiger partial charge in [-0.25, -0.2) is 8.42 Å². The standard InChI is InChI=1S/C19H22Cl2N2O3S2/c1-2-22(13-15-5-4-12-27-15)19(24)14-8-10-23(11-9-14)28(25,26)18-16(20)6-3-7-17(18)21/h3-7,12,14H,2,8-11,13H2,1H3. The zero-order valence-electron chi connectivity index (χ0n) is 15.5. The van der Waals surface area contributed by atoms with E-state index >= 15 is 0 Å². The van der Waals surface area contributed by atoms with E-state index in [1.807, 2.05) is 29.3 Å². The van der Waals surface area contributed by atoms with Crippen molar-refractivity contribution in [2.45, 2.75) is 31.2 Å². The Morgan fingerprint density at radius 2 is 1.82 bits per heavy atom. The summed E-state index contributed by atoms with van der Waals surface area (Å²) in [7, 11) is -3.79. The maximum Gasteiger partial charge on any atom is 0.246 e. The number of nitrogens with zero attached hydrogens (tertiary/aromatic N) is 2. The average molecular weight is 461 g/mol. The van der Waals surface area contributed by atoms with Crippen molar-refractivity contribution in [3.05, 3.63) is 50.6 Å². The van der Waals surface area contributed by atoms with Crippen LogP contribution in [0.2, 0.25) is 10.0 Å². The van der Waals surface area contributed by atoms with Crippen LogP contribution in [0.1, 0.15) is 24.6 Å². The first-order valence-electron chi connectivity index (χ1n) is 9.10. The molecule has 0 spiro atoms. The van der Waals surface area contributed by atoms with E-state index in [9.17, 15) is 13.2 Å². The summed E-state index contributed by atoms with van der Waals surface area (Å²) >= 11 is 13.8. The van der Waals surface area contributed by atoms with Crippen LogP contribution in [0.4, 0.5) is 0 Å². The van der Waals surface area contributed by atoms with Crippen molar-refractivity contribution >= 4 is 50.5 Å². The van der Waals surface area contributed by atoms with E-state index in [4.69, 9.17) is 23.2 Å². The summed E-state index contributed by atoms with van der Waals surface area (Å²) in [6.45, 7) is 3.74. The molecule has 3 rings (SSSR count). The molecule has 1 aliphatic heterocycles. The highest BCUT2D eigenvalue weighted by Crippen LogP contribution is 2.33. The molecule has 0 saturated carbocycles. The molecule has 9 heteroatoms. The highest BCUT2D eigenvalue weighted by atomic mass is 35.5. The van der Waals surface area contributed by atoms with Crippen LogP contribution in [0.5, 0.6) is 0 Å². The molecule has 28 heavy (non-hydrogen) atoms. The number of carbonyl (C=O) groups is 1. The fourth-order valence-corrected chi connectivity index (χ4v) is 6.68. The van der Waals surface area contributed by atoms with Gasteiger partial charge in [-0.15, -0.1) is 11.3 Å². The second kappa shape index (κ2) is 9.13. The van der Waals surface area contributed by atoms with Gasteiger partial charge in [-0.1, -0.05) is 35.3 Å². The molecule has 1 aliphatic rings. The predicted octanol–water partition coefficient (Wildman–Crippen LogP) is 4.50. The van der Waals surface area contributed by atoms with Crippen LogP contribution < -0.4 is 0 Å². The first-order chi connectivity index (χ1) is 13.3. The Hall–Kier alpha value is -1.12. The topological polar surface area (TPSA) is 57.7 Å². The number of hydrogen-bond donors (Lipinski definition) is 0. The summed E-state index contributed by atoms with van der Waals surface area (Å²) in [5.41, 5.74) is 0. The lowest BCUT2D eigenvalue weighted by Gasteiger charge is -2.33. The van der Waals surface area contributed by atoms with Gasteiger partial charge in [-0.3, -0.25) is 4.79 Å². The Labute approximate surface area is 179 Å². The van der Waals surface area contributed by atoms with E-state index in [1.165, 1.54) is 16.4 Å². The number of carbonyl (C=O) groups excluding carboxylic acids is 1. The van der Waals surface area contributed by atoms with Crippen molar-refractivity contribution in [3.63, 3.8) is 0 Å². The molecule has 1 aromatic heterocycles. The Balaban J connectivity index is 1.67. The van der Waals surface area contributed by atoms with Crippen LogP contribution >= 0.6 is 34.5 Å². The van der Waals surface area contributed by atoms with Crippen molar-refractivity contribution in [1.29, 1.82) is 0 Å². The van der Waals surface area contributed by atoms with Gasteiger partial charge >= 0.3 is 0 Å². The molecule has 1 fully saturated rings. The van der Waals surface area contributed by atoms with Crippen LogP contribution in [0.3, 0.4) is 0 Å². The molecular weight excluding hydrogens is 439 g/mol. The highest BCUT2D eigenvalue weighted by molar-refractivity contribution is 7.89. The molecule has 1 aromatic carbocycles. The summed E-state index contributed by atoms with van der Waals surface area (Å²) in [5, 5.41) is 2.22. The summed E-state index contributed by atoms with van der Waals surface area (Å²) < 4.78 is 27.3. The van der Waals surface area contributed by atoms with Crippen LogP contribution in [-0.2, 0) is 21.4 Å². The van der Waals surface area contributed by atoms with Gasteiger partial charge in [0.1, 0.15) is 4.90 Å². The van der Waals surface area contributed by atoms with Crippen molar-refractivity contribution in [3.8, 4) is 0 Å². The monoisotopic (exact) mass is 460 g/mol. The third-order valence-corrected chi connectivity index (χ3v) is 8.66. The van der Waals surface area contributed by atoms with E-state index < -0.39 is 10.0 Å². The summed E-state index contributed by atoms with van der Waals surface area (Å²) in [6, 6.07) is 8.63.